The van der Waals surface area contributed by atoms with Crippen LogP contribution >= 0.6 is 11.3 Å². The second-order valence-corrected chi connectivity index (χ2v) is 8.76. The summed E-state index contributed by atoms with van der Waals surface area (Å²) in [7, 11) is 0. The molecule has 0 aliphatic heterocycles. The standard InChI is InChI=1S/C28H24N4OS/c33-28(30-25-15-8-7-14-24(25)29-18-17-21-10-3-1-4-11-21)23-20-32(22-12-5-2-6-13-22)31-27(23)26-16-9-19-34-26/h1-16,19-20,29H,17-18H2,(H,30,33). The zero-order valence-corrected chi connectivity index (χ0v) is 19.3. The molecule has 0 saturated carbocycles. The molecule has 3 aromatic carbocycles. The maximum absolute atomic E-state index is 13.4. The normalized spacial score (nSPS) is 10.7. The maximum atomic E-state index is 13.4. The van der Waals surface area contributed by atoms with Crippen LogP contribution < -0.4 is 10.6 Å². The van der Waals surface area contributed by atoms with E-state index in [1.54, 1.807) is 22.2 Å². The van der Waals surface area contributed by atoms with Gasteiger partial charge in [0.2, 0.25) is 0 Å². The van der Waals surface area contributed by atoms with E-state index in [1.807, 2.05) is 90.3 Å². The van der Waals surface area contributed by atoms with E-state index in [0.29, 0.717) is 11.3 Å². The minimum Gasteiger partial charge on any atom is -0.383 e. The summed E-state index contributed by atoms with van der Waals surface area (Å²) in [6.45, 7) is 0.767. The Labute approximate surface area is 202 Å². The van der Waals surface area contributed by atoms with Gasteiger partial charge < -0.3 is 10.6 Å². The number of hydrogen-bond donors (Lipinski definition) is 2. The van der Waals surface area contributed by atoms with Gasteiger partial charge in [0.25, 0.3) is 5.91 Å². The third-order valence-electron chi connectivity index (χ3n) is 5.48. The molecule has 0 unspecified atom stereocenters. The summed E-state index contributed by atoms with van der Waals surface area (Å²) in [6.07, 6.45) is 2.70. The van der Waals surface area contributed by atoms with Crippen LogP contribution in [0.5, 0.6) is 0 Å². The molecule has 0 aliphatic rings. The van der Waals surface area contributed by atoms with Crippen LogP contribution in [0.1, 0.15) is 15.9 Å². The molecule has 1 amide bonds. The molecule has 6 heteroatoms. The van der Waals surface area contributed by atoms with Gasteiger partial charge >= 0.3 is 0 Å². The largest absolute Gasteiger partial charge is 0.383 e. The van der Waals surface area contributed by atoms with Crippen molar-refractivity contribution in [3.63, 3.8) is 0 Å². The van der Waals surface area contributed by atoms with Crippen LogP contribution in [-0.4, -0.2) is 22.2 Å². The molecule has 0 aliphatic carbocycles. The van der Waals surface area contributed by atoms with Gasteiger partial charge in [-0.05, 0) is 47.7 Å². The molecule has 2 aromatic heterocycles. The van der Waals surface area contributed by atoms with E-state index < -0.39 is 0 Å². The Morgan fingerprint density at radius 2 is 1.53 bits per heavy atom. The van der Waals surface area contributed by atoms with Gasteiger partial charge in [0.15, 0.2) is 0 Å². The van der Waals surface area contributed by atoms with Crippen molar-refractivity contribution in [1.29, 1.82) is 0 Å². The third kappa shape index (κ3) is 4.92. The Hall–Kier alpha value is -4.16. The van der Waals surface area contributed by atoms with Crippen molar-refractivity contribution < 1.29 is 4.79 Å². The molecule has 5 rings (SSSR count). The lowest BCUT2D eigenvalue weighted by Crippen LogP contribution is -2.14. The number of amides is 1. The first-order chi connectivity index (χ1) is 16.8. The second kappa shape index (κ2) is 10.2. The number of aromatic nitrogens is 2. The van der Waals surface area contributed by atoms with E-state index in [9.17, 15) is 4.79 Å². The molecule has 0 saturated heterocycles. The summed E-state index contributed by atoms with van der Waals surface area (Å²) < 4.78 is 1.76. The van der Waals surface area contributed by atoms with E-state index in [0.717, 1.165) is 34.9 Å². The molecule has 5 nitrogen and oxygen atoms in total. The van der Waals surface area contributed by atoms with E-state index in [4.69, 9.17) is 5.10 Å². The molecule has 2 heterocycles. The highest BCUT2D eigenvalue weighted by Crippen LogP contribution is 2.29. The number of carbonyl (C=O) groups excluding carboxylic acids is 1. The summed E-state index contributed by atoms with van der Waals surface area (Å²) >= 11 is 1.57. The van der Waals surface area contributed by atoms with E-state index in [2.05, 4.69) is 22.8 Å². The summed E-state index contributed by atoms with van der Waals surface area (Å²) in [5, 5.41) is 13.3. The van der Waals surface area contributed by atoms with E-state index >= 15 is 0 Å². The van der Waals surface area contributed by atoms with Crippen LogP contribution in [0.15, 0.2) is 109 Å². The first-order valence-corrected chi connectivity index (χ1v) is 12.0. The van der Waals surface area contributed by atoms with E-state index in [1.165, 1.54) is 5.56 Å². The number of anilines is 2. The Morgan fingerprint density at radius 3 is 2.26 bits per heavy atom. The number of thiophene rings is 1. The van der Waals surface area contributed by atoms with Crippen molar-refractivity contribution in [2.24, 2.45) is 0 Å². The lowest BCUT2D eigenvalue weighted by molar-refractivity contribution is 0.102. The van der Waals surface area contributed by atoms with Gasteiger partial charge in [-0.15, -0.1) is 11.3 Å². The molecule has 0 fully saturated rings. The SMILES string of the molecule is O=C(Nc1ccccc1NCCc1ccccc1)c1cn(-c2ccccc2)nc1-c1cccs1. The topological polar surface area (TPSA) is 59.0 Å². The van der Waals surface area contributed by atoms with Gasteiger partial charge in [-0.25, -0.2) is 4.68 Å². The molecular weight excluding hydrogens is 440 g/mol. The highest BCUT2D eigenvalue weighted by Gasteiger charge is 2.20. The Balaban J connectivity index is 1.38. The molecular formula is C28H24N4OS. The highest BCUT2D eigenvalue weighted by atomic mass is 32.1. The molecule has 5 aromatic rings. The molecule has 0 spiro atoms. The molecule has 168 valence electrons. The summed E-state index contributed by atoms with van der Waals surface area (Å²) in [4.78, 5) is 14.4. The second-order valence-electron chi connectivity index (χ2n) is 7.81. The van der Waals surface area contributed by atoms with Gasteiger partial charge in [-0.3, -0.25) is 4.79 Å². The fourth-order valence-electron chi connectivity index (χ4n) is 3.77. The number of nitrogens with zero attached hydrogens (tertiary/aromatic N) is 2. The highest BCUT2D eigenvalue weighted by molar-refractivity contribution is 7.13. The van der Waals surface area contributed by atoms with Crippen LogP contribution in [-0.2, 0) is 6.42 Å². The number of benzene rings is 3. The number of nitrogens with one attached hydrogen (secondary N) is 2. The average Bonchev–Trinajstić information content (AvgIpc) is 3.57. The number of hydrogen-bond acceptors (Lipinski definition) is 4. The van der Waals surface area contributed by atoms with Crippen LogP contribution in [0.2, 0.25) is 0 Å². The predicted octanol–water partition coefficient (Wildman–Crippen LogP) is 6.51. The van der Waals surface area contributed by atoms with Crippen LogP contribution in [0.4, 0.5) is 11.4 Å². The lowest BCUT2D eigenvalue weighted by atomic mass is 10.1. The monoisotopic (exact) mass is 464 g/mol. The average molecular weight is 465 g/mol. The Kier molecular flexibility index (Phi) is 6.49. The van der Waals surface area contributed by atoms with Crippen molar-refractivity contribution in [3.8, 4) is 16.3 Å². The molecule has 2 N–H and O–H groups in total. The quantitative estimate of drug-likeness (QED) is 0.275. The number of carbonyl (C=O) groups is 1. The van der Waals surface area contributed by atoms with Crippen molar-refractivity contribution >= 4 is 28.6 Å². The minimum absolute atomic E-state index is 0.192. The van der Waals surface area contributed by atoms with Crippen molar-refractivity contribution in [1.82, 2.24) is 9.78 Å². The van der Waals surface area contributed by atoms with Gasteiger partial charge in [0, 0.05) is 12.7 Å². The molecule has 0 radical (unpaired) electrons. The third-order valence-corrected chi connectivity index (χ3v) is 6.36. The van der Waals surface area contributed by atoms with Gasteiger partial charge in [-0.1, -0.05) is 66.7 Å². The van der Waals surface area contributed by atoms with Crippen molar-refractivity contribution in [2.75, 3.05) is 17.2 Å². The van der Waals surface area contributed by atoms with Gasteiger partial charge in [0.1, 0.15) is 5.69 Å². The van der Waals surface area contributed by atoms with Crippen LogP contribution in [0, 0.1) is 0 Å². The first kappa shape index (κ1) is 21.7. The first-order valence-electron chi connectivity index (χ1n) is 11.1. The van der Waals surface area contributed by atoms with Crippen molar-refractivity contribution in [2.45, 2.75) is 6.42 Å². The fourth-order valence-corrected chi connectivity index (χ4v) is 4.49. The van der Waals surface area contributed by atoms with Gasteiger partial charge in [-0.2, -0.15) is 5.10 Å². The maximum Gasteiger partial charge on any atom is 0.259 e. The summed E-state index contributed by atoms with van der Waals surface area (Å²) in [6, 6.07) is 31.9. The van der Waals surface area contributed by atoms with Crippen LogP contribution in [0.3, 0.4) is 0 Å². The lowest BCUT2D eigenvalue weighted by Gasteiger charge is -2.13. The zero-order chi connectivity index (χ0) is 23.2. The molecule has 34 heavy (non-hydrogen) atoms. The number of para-hydroxylation sites is 3. The molecule has 0 atom stereocenters. The zero-order valence-electron chi connectivity index (χ0n) is 18.5. The van der Waals surface area contributed by atoms with Crippen LogP contribution in [0.25, 0.3) is 16.3 Å². The van der Waals surface area contributed by atoms with Crippen molar-refractivity contribution in [3.05, 3.63) is 120 Å². The van der Waals surface area contributed by atoms with Gasteiger partial charge in [0.05, 0.1) is 27.5 Å². The molecule has 0 bridgehead atoms. The fraction of sp³-hybridized carbons (Fsp3) is 0.0714. The minimum atomic E-state index is -0.192. The summed E-state index contributed by atoms with van der Waals surface area (Å²) in [5.41, 5.74) is 5.01. The summed E-state index contributed by atoms with van der Waals surface area (Å²) in [5.74, 6) is -0.192. The predicted molar refractivity (Wildman–Crippen MR) is 140 cm³/mol. The Bertz CT molecular complexity index is 1360. The number of rotatable bonds is 8. The van der Waals surface area contributed by atoms with E-state index in [-0.39, 0.29) is 5.91 Å². The Morgan fingerprint density at radius 1 is 0.824 bits per heavy atom. The smallest absolute Gasteiger partial charge is 0.259 e.